The Bertz CT molecular complexity index is 1130. The number of likely N-dealkylation sites (tertiary alicyclic amines) is 1. The summed E-state index contributed by atoms with van der Waals surface area (Å²) < 4.78 is 56.8. The molecule has 1 unspecified atom stereocenters. The van der Waals surface area contributed by atoms with Crippen molar-refractivity contribution in [3.8, 4) is 16.9 Å². The maximum absolute atomic E-state index is 13.4. The molecule has 0 radical (unpaired) electrons. The number of ether oxygens (including phenoxy) is 3. The van der Waals surface area contributed by atoms with Gasteiger partial charge in [-0.05, 0) is 58.7 Å². The molecular formula is C24H30F3N3O5. The number of benzene rings is 1. The summed E-state index contributed by atoms with van der Waals surface area (Å²) in [5, 5.41) is 0. The lowest BCUT2D eigenvalue weighted by atomic mass is 9.98. The molecule has 1 amide bonds. The van der Waals surface area contributed by atoms with Gasteiger partial charge in [-0.15, -0.1) is 0 Å². The SMILES string of the molecule is COCOc1cc(C(F)(F)F)ccc1-c1cncn(CC2(C)CCCN2C(=O)OC(C)(C)C)c1=O. The molecule has 3 rings (SSSR count). The van der Waals surface area contributed by atoms with Crippen LogP contribution in [0, 0.1) is 0 Å². The number of rotatable bonds is 6. The number of alkyl halides is 3. The Balaban J connectivity index is 1.97. The van der Waals surface area contributed by atoms with E-state index in [4.69, 9.17) is 14.2 Å². The molecule has 8 nitrogen and oxygen atoms in total. The Morgan fingerprint density at radius 3 is 2.54 bits per heavy atom. The van der Waals surface area contributed by atoms with E-state index in [2.05, 4.69) is 4.98 Å². The Labute approximate surface area is 201 Å². The van der Waals surface area contributed by atoms with E-state index in [1.54, 1.807) is 25.7 Å². The first kappa shape index (κ1) is 26.5. The van der Waals surface area contributed by atoms with Gasteiger partial charge in [-0.1, -0.05) is 0 Å². The molecule has 0 N–H and O–H groups in total. The van der Waals surface area contributed by atoms with Gasteiger partial charge >= 0.3 is 12.3 Å². The van der Waals surface area contributed by atoms with Crippen molar-refractivity contribution < 1.29 is 32.2 Å². The number of amides is 1. The van der Waals surface area contributed by atoms with Crippen molar-refractivity contribution in [3.05, 3.63) is 46.6 Å². The van der Waals surface area contributed by atoms with Crippen LogP contribution < -0.4 is 10.3 Å². The van der Waals surface area contributed by atoms with Crippen LogP contribution >= 0.6 is 0 Å². The highest BCUT2D eigenvalue weighted by Gasteiger charge is 2.42. The average molecular weight is 498 g/mol. The molecule has 1 aromatic carbocycles. The normalized spacial score (nSPS) is 18.6. The van der Waals surface area contributed by atoms with Crippen LogP contribution in [0.3, 0.4) is 0 Å². The second kappa shape index (κ2) is 9.88. The standard InChI is InChI=1S/C24H30F3N3O5/c1-22(2,3)35-21(32)30-10-6-9-23(30,4)13-29-14-28-12-18(20(29)31)17-8-7-16(24(25,26)27)11-19(17)34-15-33-5/h7-8,11-12,14H,6,9-10,13,15H2,1-5H3. The monoisotopic (exact) mass is 497 g/mol. The summed E-state index contributed by atoms with van der Waals surface area (Å²) in [6.45, 7) is 7.54. The van der Waals surface area contributed by atoms with E-state index in [9.17, 15) is 22.8 Å². The smallest absolute Gasteiger partial charge is 0.416 e. The lowest BCUT2D eigenvalue weighted by Gasteiger charge is -2.36. The summed E-state index contributed by atoms with van der Waals surface area (Å²) >= 11 is 0. The molecule has 0 bridgehead atoms. The number of halogens is 3. The number of hydrogen-bond acceptors (Lipinski definition) is 6. The van der Waals surface area contributed by atoms with E-state index in [0.717, 1.165) is 18.6 Å². The molecule has 1 aliphatic rings. The summed E-state index contributed by atoms with van der Waals surface area (Å²) in [5.74, 6) is -0.152. The van der Waals surface area contributed by atoms with E-state index in [1.165, 1.54) is 30.3 Å². The number of carbonyl (C=O) groups excluding carboxylic acids is 1. The fourth-order valence-electron chi connectivity index (χ4n) is 4.09. The number of hydrogen-bond donors (Lipinski definition) is 0. The summed E-state index contributed by atoms with van der Waals surface area (Å²) in [6.07, 6.45) is -1.03. The molecular weight excluding hydrogens is 467 g/mol. The van der Waals surface area contributed by atoms with Crippen LogP contribution in [-0.4, -0.2) is 52.1 Å². The van der Waals surface area contributed by atoms with Gasteiger partial charge in [-0.25, -0.2) is 9.78 Å². The minimum atomic E-state index is -4.58. The van der Waals surface area contributed by atoms with E-state index in [0.29, 0.717) is 13.0 Å². The lowest BCUT2D eigenvalue weighted by molar-refractivity contribution is -0.137. The molecule has 2 aromatic rings. The van der Waals surface area contributed by atoms with Crippen LogP contribution in [0.1, 0.15) is 46.1 Å². The van der Waals surface area contributed by atoms with Gasteiger partial charge in [-0.3, -0.25) is 9.36 Å². The summed E-state index contributed by atoms with van der Waals surface area (Å²) in [6, 6.07) is 2.89. The zero-order valence-electron chi connectivity index (χ0n) is 20.4. The highest BCUT2D eigenvalue weighted by Crippen LogP contribution is 2.37. The molecule has 1 aromatic heterocycles. The van der Waals surface area contributed by atoms with Crippen molar-refractivity contribution in [1.82, 2.24) is 14.5 Å². The molecule has 192 valence electrons. The van der Waals surface area contributed by atoms with Crippen LogP contribution in [0.2, 0.25) is 0 Å². The summed E-state index contributed by atoms with van der Waals surface area (Å²) in [5.41, 5.74) is -2.54. The first-order valence-electron chi connectivity index (χ1n) is 11.1. The summed E-state index contributed by atoms with van der Waals surface area (Å²) in [4.78, 5) is 31.9. The number of carbonyl (C=O) groups is 1. The quantitative estimate of drug-likeness (QED) is 0.538. The van der Waals surface area contributed by atoms with Crippen molar-refractivity contribution in [2.45, 2.75) is 64.4 Å². The Hall–Kier alpha value is -3.08. The summed E-state index contributed by atoms with van der Waals surface area (Å²) in [7, 11) is 1.34. The predicted molar refractivity (Wildman–Crippen MR) is 122 cm³/mol. The number of nitrogens with zero attached hydrogens (tertiary/aromatic N) is 3. The van der Waals surface area contributed by atoms with E-state index >= 15 is 0 Å². The molecule has 2 heterocycles. The lowest BCUT2D eigenvalue weighted by Crippen LogP contribution is -2.50. The molecule has 11 heteroatoms. The number of aromatic nitrogens is 2. The van der Waals surface area contributed by atoms with Gasteiger partial charge in [0, 0.05) is 25.4 Å². The van der Waals surface area contributed by atoms with Gasteiger partial charge in [0.05, 0.1) is 29.5 Å². The Morgan fingerprint density at radius 2 is 1.91 bits per heavy atom. The first-order chi connectivity index (χ1) is 16.2. The first-order valence-corrected chi connectivity index (χ1v) is 11.1. The molecule has 0 aliphatic carbocycles. The van der Waals surface area contributed by atoms with Crippen molar-refractivity contribution in [2.24, 2.45) is 0 Å². The minimum absolute atomic E-state index is 0.0674. The van der Waals surface area contributed by atoms with Crippen LogP contribution in [0.25, 0.3) is 11.1 Å². The number of methoxy groups -OCH3 is 1. The fraction of sp³-hybridized carbons (Fsp3) is 0.542. The molecule has 0 saturated carbocycles. The van der Waals surface area contributed by atoms with E-state index < -0.39 is 34.5 Å². The van der Waals surface area contributed by atoms with Gasteiger partial charge < -0.3 is 19.1 Å². The van der Waals surface area contributed by atoms with Crippen LogP contribution in [-0.2, 0) is 22.2 Å². The zero-order chi connectivity index (χ0) is 26.0. The van der Waals surface area contributed by atoms with Crippen molar-refractivity contribution in [3.63, 3.8) is 0 Å². The molecule has 1 atom stereocenters. The predicted octanol–water partition coefficient (Wildman–Crippen LogP) is 4.70. The van der Waals surface area contributed by atoms with Gasteiger partial charge in [0.2, 0.25) is 0 Å². The minimum Gasteiger partial charge on any atom is -0.467 e. The average Bonchev–Trinajstić information content (AvgIpc) is 3.13. The third-order valence-corrected chi connectivity index (χ3v) is 5.71. The zero-order valence-corrected chi connectivity index (χ0v) is 20.4. The highest BCUT2D eigenvalue weighted by molar-refractivity contribution is 5.70. The Morgan fingerprint density at radius 1 is 1.20 bits per heavy atom. The molecule has 1 aliphatic heterocycles. The van der Waals surface area contributed by atoms with Crippen molar-refractivity contribution >= 4 is 6.09 Å². The molecule has 1 fully saturated rings. The molecule has 1 saturated heterocycles. The largest absolute Gasteiger partial charge is 0.467 e. The van der Waals surface area contributed by atoms with Crippen molar-refractivity contribution in [1.29, 1.82) is 0 Å². The highest BCUT2D eigenvalue weighted by atomic mass is 19.4. The molecule has 35 heavy (non-hydrogen) atoms. The van der Waals surface area contributed by atoms with Crippen LogP contribution in [0.15, 0.2) is 35.5 Å². The van der Waals surface area contributed by atoms with Crippen molar-refractivity contribution in [2.75, 3.05) is 20.4 Å². The van der Waals surface area contributed by atoms with Gasteiger partial charge in [0.1, 0.15) is 11.4 Å². The second-order valence-corrected chi connectivity index (χ2v) is 9.73. The second-order valence-electron chi connectivity index (χ2n) is 9.73. The van der Waals surface area contributed by atoms with Gasteiger partial charge in [-0.2, -0.15) is 13.2 Å². The van der Waals surface area contributed by atoms with Crippen LogP contribution in [0.5, 0.6) is 5.75 Å². The van der Waals surface area contributed by atoms with Crippen LogP contribution in [0.4, 0.5) is 18.0 Å². The van der Waals surface area contributed by atoms with E-state index in [1.807, 2.05) is 6.92 Å². The maximum Gasteiger partial charge on any atom is 0.416 e. The maximum atomic E-state index is 13.4. The Kier molecular flexibility index (Phi) is 7.49. The third kappa shape index (κ3) is 6.14. The topological polar surface area (TPSA) is 82.9 Å². The van der Waals surface area contributed by atoms with E-state index in [-0.39, 0.29) is 30.2 Å². The van der Waals surface area contributed by atoms with Gasteiger partial charge in [0.25, 0.3) is 5.56 Å². The van der Waals surface area contributed by atoms with Gasteiger partial charge in [0.15, 0.2) is 6.79 Å². The fourth-order valence-corrected chi connectivity index (χ4v) is 4.09. The molecule has 0 spiro atoms. The third-order valence-electron chi connectivity index (χ3n) is 5.71.